The van der Waals surface area contributed by atoms with Gasteiger partial charge in [-0.2, -0.15) is 14.0 Å². The van der Waals surface area contributed by atoms with Gasteiger partial charge in [-0.15, -0.1) is 0 Å². The Labute approximate surface area is 242 Å². The second-order valence-electron chi connectivity index (χ2n) is 9.95. The smallest absolute Gasteiger partial charge is 0.321 e. The SMILES string of the molecule is CCOc1cc(C(C)N2CCc3c(cc(CCN(C)CC)cc3-c3cn(C(F)F)c(=O)cc3Cl)C2=O)ncc1C#N. The van der Waals surface area contributed by atoms with Crippen LogP contribution in [0.1, 0.15) is 66.1 Å². The molecule has 3 heterocycles. The Bertz CT molecular complexity index is 1550. The molecule has 216 valence electrons. The number of nitrogens with zero attached hydrogens (tertiary/aromatic N) is 5. The molecule has 0 spiro atoms. The number of carbonyl (C=O) groups excluding carboxylic acids is 1. The first-order valence-electron chi connectivity index (χ1n) is 13.5. The summed E-state index contributed by atoms with van der Waals surface area (Å²) in [6.45, 7) is 4.99. The molecule has 2 aromatic heterocycles. The van der Waals surface area contributed by atoms with Crippen LogP contribution in [0.15, 0.2) is 41.5 Å². The van der Waals surface area contributed by atoms with Gasteiger partial charge in [0.05, 0.1) is 23.4 Å². The summed E-state index contributed by atoms with van der Waals surface area (Å²) in [4.78, 5) is 34.4. The maximum Gasteiger partial charge on any atom is 0.321 e. The third kappa shape index (κ3) is 6.26. The fourth-order valence-electron chi connectivity index (χ4n) is 4.99. The molecule has 0 N–H and O–H groups in total. The zero-order valence-electron chi connectivity index (χ0n) is 23.5. The van der Waals surface area contributed by atoms with Crippen molar-refractivity contribution >= 4 is 17.5 Å². The van der Waals surface area contributed by atoms with Crippen molar-refractivity contribution in [3.63, 3.8) is 0 Å². The average molecular weight is 584 g/mol. The van der Waals surface area contributed by atoms with Gasteiger partial charge in [-0.05, 0) is 63.0 Å². The summed E-state index contributed by atoms with van der Waals surface area (Å²) < 4.78 is 33.2. The lowest BCUT2D eigenvalue weighted by Crippen LogP contribution is -2.40. The van der Waals surface area contributed by atoms with Crippen LogP contribution in [0.3, 0.4) is 0 Å². The lowest BCUT2D eigenvalue weighted by atomic mass is 9.87. The van der Waals surface area contributed by atoms with E-state index in [-0.39, 0.29) is 16.5 Å². The van der Waals surface area contributed by atoms with Gasteiger partial charge >= 0.3 is 6.55 Å². The molecule has 0 fully saturated rings. The van der Waals surface area contributed by atoms with Gasteiger partial charge in [0.2, 0.25) is 0 Å². The van der Waals surface area contributed by atoms with Gasteiger partial charge in [0.15, 0.2) is 0 Å². The molecule has 0 saturated carbocycles. The quantitative estimate of drug-likeness (QED) is 0.314. The molecular formula is C30H32ClF2N5O3. The minimum Gasteiger partial charge on any atom is -0.492 e. The lowest BCUT2D eigenvalue weighted by Gasteiger charge is -2.35. The maximum absolute atomic E-state index is 14.0. The number of hydrogen-bond acceptors (Lipinski definition) is 6. The van der Waals surface area contributed by atoms with Gasteiger partial charge < -0.3 is 14.5 Å². The molecule has 1 aliphatic heterocycles. The monoisotopic (exact) mass is 583 g/mol. The number of halogens is 3. The van der Waals surface area contributed by atoms with E-state index in [1.807, 2.05) is 40.0 Å². The molecule has 0 bridgehead atoms. The van der Waals surface area contributed by atoms with E-state index < -0.39 is 18.2 Å². The van der Waals surface area contributed by atoms with E-state index in [4.69, 9.17) is 16.3 Å². The third-order valence-electron chi connectivity index (χ3n) is 7.46. The predicted molar refractivity (Wildman–Crippen MR) is 153 cm³/mol. The predicted octanol–water partition coefficient (Wildman–Crippen LogP) is 5.48. The largest absolute Gasteiger partial charge is 0.492 e. The van der Waals surface area contributed by atoms with Crippen LogP contribution in [0.25, 0.3) is 11.1 Å². The third-order valence-corrected chi connectivity index (χ3v) is 7.77. The Hall–Kier alpha value is -3.81. The van der Waals surface area contributed by atoms with Gasteiger partial charge in [0.1, 0.15) is 17.4 Å². The minimum atomic E-state index is -3.03. The summed E-state index contributed by atoms with van der Waals surface area (Å²) in [5, 5.41) is 9.44. The standard InChI is InChI=1S/C30H32ClF2N5O3/c1-5-36(4)9-7-19-11-22(24-17-38(30(32)33)28(39)13-25(24)31)21-8-10-37(29(40)23(21)12-19)18(3)26-14-27(41-6-2)20(15-34)16-35-26/h11-14,16-18,30H,5-10H2,1-4H3. The number of hydrogen-bond donors (Lipinski definition) is 0. The Balaban J connectivity index is 1.80. The van der Waals surface area contributed by atoms with E-state index in [2.05, 4.69) is 16.0 Å². The van der Waals surface area contributed by atoms with E-state index in [1.165, 1.54) is 6.20 Å². The van der Waals surface area contributed by atoms with E-state index in [1.54, 1.807) is 11.0 Å². The van der Waals surface area contributed by atoms with Gasteiger partial charge in [-0.3, -0.25) is 19.1 Å². The topological polar surface area (TPSA) is 91.5 Å². The van der Waals surface area contributed by atoms with Crippen LogP contribution in [0, 0.1) is 11.3 Å². The lowest BCUT2D eigenvalue weighted by molar-refractivity contribution is 0.0658. The molecule has 4 rings (SSSR count). The number of rotatable bonds is 10. The van der Waals surface area contributed by atoms with E-state index in [0.717, 1.165) is 30.9 Å². The van der Waals surface area contributed by atoms with Crippen LogP contribution in [0.5, 0.6) is 5.75 Å². The molecule has 0 radical (unpaired) electrons. The Kier molecular flexibility index (Phi) is 9.41. The molecule has 11 heteroatoms. The van der Waals surface area contributed by atoms with E-state index in [0.29, 0.717) is 64.3 Å². The number of carbonyl (C=O) groups is 1. The Morgan fingerprint density at radius 2 is 1.90 bits per heavy atom. The van der Waals surface area contributed by atoms with Crippen molar-refractivity contribution in [3.05, 3.63) is 80.0 Å². The van der Waals surface area contributed by atoms with Crippen molar-refractivity contribution in [3.8, 4) is 22.9 Å². The van der Waals surface area contributed by atoms with E-state index in [9.17, 15) is 23.6 Å². The highest BCUT2D eigenvalue weighted by Crippen LogP contribution is 2.38. The normalized spacial score (nSPS) is 13.9. The number of amides is 1. The minimum absolute atomic E-state index is 0.0467. The van der Waals surface area contributed by atoms with Crippen molar-refractivity contribution in [2.24, 2.45) is 0 Å². The summed E-state index contributed by atoms with van der Waals surface area (Å²) in [6, 6.07) is 8.05. The number of nitriles is 1. The fraction of sp³-hybridized carbons (Fsp3) is 0.400. The number of likely N-dealkylation sites (N-methyl/N-ethyl adjacent to an activating group) is 1. The second kappa shape index (κ2) is 12.8. The highest BCUT2D eigenvalue weighted by atomic mass is 35.5. The van der Waals surface area contributed by atoms with Crippen LogP contribution in [0.2, 0.25) is 5.02 Å². The molecule has 1 atom stereocenters. The summed E-state index contributed by atoms with van der Waals surface area (Å²) in [5.74, 6) is 0.179. The van der Waals surface area contributed by atoms with Gasteiger partial charge in [-0.25, -0.2) is 0 Å². The molecule has 1 aromatic carbocycles. The van der Waals surface area contributed by atoms with Crippen LogP contribution in [-0.2, 0) is 12.8 Å². The Morgan fingerprint density at radius 3 is 2.56 bits per heavy atom. The summed E-state index contributed by atoms with van der Waals surface area (Å²) >= 11 is 6.44. The number of alkyl halides is 2. The van der Waals surface area contributed by atoms with E-state index >= 15 is 0 Å². The number of aromatic nitrogens is 2. The average Bonchev–Trinajstić information content (AvgIpc) is 2.95. The molecule has 1 unspecified atom stereocenters. The fourth-order valence-corrected chi connectivity index (χ4v) is 5.23. The van der Waals surface area contributed by atoms with Gasteiger partial charge in [0.25, 0.3) is 11.5 Å². The molecule has 3 aromatic rings. The molecular weight excluding hydrogens is 552 g/mol. The number of fused-ring (bicyclic) bond motifs is 1. The van der Waals surface area contributed by atoms with Crippen molar-refractivity contribution in [1.82, 2.24) is 19.4 Å². The van der Waals surface area contributed by atoms with Crippen LogP contribution in [-0.4, -0.2) is 58.5 Å². The van der Waals surface area contributed by atoms with Crippen LogP contribution < -0.4 is 10.3 Å². The van der Waals surface area contributed by atoms with Crippen molar-refractivity contribution in [1.29, 1.82) is 5.26 Å². The van der Waals surface area contributed by atoms with Crippen LogP contribution >= 0.6 is 11.6 Å². The molecule has 1 aliphatic rings. The number of benzene rings is 1. The first-order valence-corrected chi connectivity index (χ1v) is 13.9. The first kappa shape index (κ1) is 30.2. The highest BCUT2D eigenvalue weighted by Gasteiger charge is 2.32. The van der Waals surface area contributed by atoms with Crippen molar-refractivity contribution in [2.45, 2.75) is 46.2 Å². The first-order chi connectivity index (χ1) is 19.6. The zero-order chi connectivity index (χ0) is 29.8. The summed E-state index contributed by atoms with van der Waals surface area (Å²) in [5.41, 5.74) is 2.83. The molecule has 0 saturated heterocycles. The number of ether oxygens (including phenoxy) is 1. The Morgan fingerprint density at radius 1 is 1.17 bits per heavy atom. The molecule has 41 heavy (non-hydrogen) atoms. The van der Waals surface area contributed by atoms with Gasteiger partial charge in [0, 0.05) is 48.7 Å². The molecule has 8 nitrogen and oxygen atoms in total. The summed E-state index contributed by atoms with van der Waals surface area (Å²) in [6.07, 6.45) is 3.57. The maximum atomic E-state index is 14.0. The van der Waals surface area contributed by atoms with Crippen molar-refractivity contribution in [2.75, 3.05) is 33.3 Å². The van der Waals surface area contributed by atoms with Gasteiger partial charge in [-0.1, -0.05) is 24.6 Å². The van der Waals surface area contributed by atoms with Crippen LogP contribution in [0.4, 0.5) is 8.78 Å². The second-order valence-corrected chi connectivity index (χ2v) is 10.4. The van der Waals surface area contributed by atoms with Crippen molar-refractivity contribution < 1.29 is 18.3 Å². The summed E-state index contributed by atoms with van der Waals surface area (Å²) in [7, 11) is 1.99. The zero-order valence-corrected chi connectivity index (χ0v) is 24.2. The number of pyridine rings is 2. The molecule has 1 amide bonds. The molecule has 0 aliphatic carbocycles. The highest BCUT2D eigenvalue weighted by molar-refractivity contribution is 6.33.